The van der Waals surface area contributed by atoms with Gasteiger partial charge in [-0.15, -0.1) is 6.58 Å². The Morgan fingerprint density at radius 3 is 1.95 bits per heavy atom. The lowest BCUT2D eigenvalue weighted by atomic mass is 9.79. The fourth-order valence-electron chi connectivity index (χ4n) is 2.03. The number of methoxy groups -OCH3 is 2. The van der Waals surface area contributed by atoms with Gasteiger partial charge in [0.25, 0.3) is 0 Å². The summed E-state index contributed by atoms with van der Waals surface area (Å²) in [6.45, 7) is 13.6. The molecule has 0 aliphatic carbocycles. The molecule has 0 atom stereocenters. The minimum Gasteiger partial charge on any atom is -0.548 e. The normalized spacial score (nSPS) is 11.5. The molecule has 0 aromatic rings. The summed E-state index contributed by atoms with van der Waals surface area (Å²) < 4.78 is 15.3. The van der Waals surface area contributed by atoms with E-state index in [0.717, 1.165) is 0 Å². The highest BCUT2D eigenvalue weighted by atomic mass is 28.4. The Hall–Kier alpha value is -1.56. The van der Waals surface area contributed by atoms with Gasteiger partial charge in [0.15, 0.2) is 5.41 Å². The van der Waals surface area contributed by atoms with Gasteiger partial charge >= 0.3 is 11.9 Å². The second kappa shape index (κ2) is 8.02. The Labute approximate surface area is 128 Å². The number of esters is 2. The van der Waals surface area contributed by atoms with Crippen LogP contribution in [-0.4, -0.2) is 34.5 Å². The van der Waals surface area contributed by atoms with E-state index in [9.17, 15) is 9.59 Å². The van der Waals surface area contributed by atoms with Gasteiger partial charge in [-0.3, -0.25) is 9.59 Å². The van der Waals surface area contributed by atoms with Crippen molar-refractivity contribution in [1.82, 2.24) is 0 Å². The Balaban J connectivity index is 5.14. The van der Waals surface area contributed by atoms with Crippen LogP contribution in [0.2, 0.25) is 19.6 Å². The molecule has 21 heavy (non-hydrogen) atoms. The lowest BCUT2D eigenvalue weighted by molar-refractivity contribution is -0.169. The molecule has 120 valence electrons. The van der Waals surface area contributed by atoms with Crippen LogP contribution in [0, 0.1) is 5.41 Å². The van der Waals surface area contributed by atoms with Crippen LogP contribution in [0.25, 0.3) is 0 Å². The molecule has 0 aliphatic heterocycles. The van der Waals surface area contributed by atoms with Gasteiger partial charge in [0.05, 0.1) is 20.0 Å². The van der Waals surface area contributed by atoms with Crippen molar-refractivity contribution in [3.05, 3.63) is 25.0 Å². The predicted molar refractivity (Wildman–Crippen MR) is 84.1 cm³/mol. The summed E-state index contributed by atoms with van der Waals surface area (Å²) in [6.07, 6.45) is 2.24. The fourth-order valence-corrected chi connectivity index (χ4v) is 3.00. The average Bonchev–Trinajstić information content (AvgIpc) is 2.39. The number of carbonyl (C=O) groups is 2. The van der Waals surface area contributed by atoms with E-state index >= 15 is 0 Å². The van der Waals surface area contributed by atoms with Crippen LogP contribution < -0.4 is 0 Å². The van der Waals surface area contributed by atoms with E-state index in [2.05, 4.69) is 13.2 Å². The Morgan fingerprint density at radius 2 is 1.62 bits per heavy atom. The first-order valence-corrected chi connectivity index (χ1v) is 10.2. The first-order chi connectivity index (χ1) is 9.62. The van der Waals surface area contributed by atoms with E-state index in [1.165, 1.54) is 20.3 Å². The van der Waals surface area contributed by atoms with Crippen LogP contribution in [0.5, 0.6) is 0 Å². The quantitative estimate of drug-likeness (QED) is 0.215. The SMILES string of the molecule is C=CCC(CCC(=C)O[Si](C)(C)C)(C(=O)OC)C(=O)OC. The summed E-state index contributed by atoms with van der Waals surface area (Å²) in [6, 6.07) is 0. The van der Waals surface area contributed by atoms with Crippen LogP contribution in [0.1, 0.15) is 19.3 Å². The molecule has 0 spiro atoms. The zero-order chi connectivity index (χ0) is 16.7. The second-order valence-electron chi connectivity index (χ2n) is 5.81. The van der Waals surface area contributed by atoms with E-state index in [0.29, 0.717) is 12.2 Å². The number of hydrogen-bond donors (Lipinski definition) is 0. The van der Waals surface area contributed by atoms with Gasteiger partial charge in [0.2, 0.25) is 8.32 Å². The maximum atomic E-state index is 12.1. The second-order valence-corrected chi connectivity index (χ2v) is 10.2. The number of rotatable bonds is 9. The molecule has 0 saturated carbocycles. The summed E-state index contributed by atoms with van der Waals surface area (Å²) in [5.41, 5.74) is -1.39. The molecule has 0 aliphatic rings. The molecule has 0 unspecified atom stereocenters. The Bertz CT molecular complexity index is 393. The van der Waals surface area contributed by atoms with Crippen molar-refractivity contribution in [2.24, 2.45) is 5.41 Å². The zero-order valence-corrected chi connectivity index (χ0v) is 14.7. The van der Waals surface area contributed by atoms with Crippen molar-refractivity contribution < 1.29 is 23.5 Å². The Kier molecular flexibility index (Phi) is 7.42. The number of allylic oxidation sites excluding steroid dienone is 2. The van der Waals surface area contributed by atoms with Crippen LogP contribution in [0.15, 0.2) is 25.0 Å². The predicted octanol–water partition coefficient (Wildman–Crippen LogP) is 3.04. The largest absolute Gasteiger partial charge is 0.548 e. The Morgan fingerprint density at radius 1 is 1.14 bits per heavy atom. The van der Waals surface area contributed by atoms with Gasteiger partial charge in [-0.1, -0.05) is 12.7 Å². The average molecular weight is 314 g/mol. The van der Waals surface area contributed by atoms with Gasteiger partial charge in [-0.25, -0.2) is 0 Å². The molecular weight excluding hydrogens is 288 g/mol. The molecular formula is C15H26O5Si. The summed E-state index contributed by atoms with van der Waals surface area (Å²) in [7, 11) is 0.735. The monoisotopic (exact) mass is 314 g/mol. The summed E-state index contributed by atoms with van der Waals surface area (Å²) in [5.74, 6) is -0.694. The minimum atomic E-state index is -1.76. The van der Waals surface area contributed by atoms with Crippen molar-refractivity contribution >= 4 is 20.3 Å². The third-order valence-corrected chi connectivity index (χ3v) is 3.83. The van der Waals surface area contributed by atoms with Crippen molar-refractivity contribution in [3.8, 4) is 0 Å². The van der Waals surface area contributed by atoms with Crippen LogP contribution in [0.4, 0.5) is 0 Å². The highest BCUT2D eigenvalue weighted by molar-refractivity contribution is 6.70. The van der Waals surface area contributed by atoms with E-state index in [1.807, 2.05) is 19.6 Å². The van der Waals surface area contributed by atoms with Crippen molar-refractivity contribution in [1.29, 1.82) is 0 Å². The van der Waals surface area contributed by atoms with Gasteiger partial charge in [-0.05, 0) is 32.5 Å². The minimum absolute atomic E-state index is 0.145. The molecule has 0 aromatic heterocycles. The lowest BCUT2D eigenvalue weighted by Crippen LogP contribution is -2.41. The third-order valence-electron chi connectivity index (χ3n) is 2.93. The van der Waals surface area contributed by atoms with Crippen molar-refractivity contribution in [3.63, 3.8) is 0 Å². The molecule has 0 bridgehead atoms. The van der Waals surface area contributed by atoms with Crippen molar-refractivity contribution in [2.45, 2.75) is 38.9 Å². The maximum absolute atomic E-state index is 12.1. The fraction of sp³-hybridized carbons (Fsp3) is 0.600. The molecule has 0 aromatic carbocycles. The number of carbonyl (C=O) groups excluding carboxylic acids is 2. The van der Waals surface area contributed by atoms with E-state index in [-0.39, 0.29) is 12.8 Å². The van der Waals surface area contributed by atoms with Crippen LogP contribution in [-0.2, 0) is 23.5 Å². The molecule has 0 fully saturated rings. The van der Waals surface area contributed by atoms with Gasteiger partial charge in [0.1, 0.15) is 0 Å². The maximum Gasteiger partial charge on any atom is 0.323 e. The highest BCUT2D eigenvalue weighted by Crippen LogP contribution is 2.34. The molecule has 0 saturated heterocycles. The topological polar surface area (TPSA) is 61.8 Å². The highest BCUT2D eigenvalue weighted by Gasteiger charge is 2.47. The molecule has 0 heterocycles. The lowest BCUT2D eigenvalue weighted by Gasteiger charge is -2.28. The number of hydrogen-bond acceptors (Lipinski definition) is 5. The van der Waals surface area contributed by atoms with Gasteiger partial charge in [-0.2, -0.15) is 0 Å². The van der Waals surface area contributed by atoms with Crippen LogP contribution in [0.3, 0.4) is 0 Å². The summed E-state index contributed by atoms with van der Waals surface area (Å²) in [5, 5.41) is 0. The third kappa shape index (κ3) is 5.75. The molecule has 5 nitrogen and oxygen atoms in total. The van der Waals surface area contributed by atoms with Gasteiger partial charge < -0.3 is 13.9 Å². The summed E-state index contributed by atoms with van der Waals surface area (Å²) >= 11 is 0. The summed E-state index contributed by atoms with van der Waals surface area (Å²) in [4.78, 5) is 24.2. The van der Waals surface area contributed by atoms with E-state index in [4.69, 9.17) is 13.9 Å². The van der Waals surface area contributed by atoms with E-state index in [1.54, 1.807) is 0 Å². The molecule has 0 radical (unpaired) electrons. The first kappa shape index (κ1) is 19.4. The zero-order valence-electron chi connectivity index (χ0n) is 13.7. The number of ether oxygens (including phenoxy) is 2. The van der Waals surface area contributed by atoms with E-state index < -0.39 is 25.7 Å². The standard InChI is InChI=1S/C15H26O5Si/c1-8-10-15(13(16)18-3,14(17)19-4)11-9-12(2)20-21(5,6)7/h8H,1-2,9-11H2,3-7H3. The molecule has 0 N–H and O–H groups in total. The molecule has 0 rings (SSSR count). The molecule has 0 amide bonds. The van der Waals surface area contributed by atoms with Crippen molar-refractivity contribution in [2.75, 3.05) is 14.2 Å². The molecule has 6 heteroatoms. The van der Waals surface area contributed by atoms with Gasteiger partial charge in [0, 0.05) is 6.42 Å². The van der Waals surface area contributed by atoms with Crippen LogP contribution >= 0.6 is 0 Å². The first-order valence-electron chi connectivity index (χ1n) is 6.77. The smallest absolute Gasteiger partial charge is 0.323 e.